The van der Waals surface area contributed by atoms with Crippen LogP contribution in [-0.2, 0) is 9.53 Å². The molecular formula is C17H29N3O5. The second-order valence-electron chi connectivity index (χ2n) is 7.77. The van der Waals surface area contributed by atoms with E-state index in [9.17, 15) is 14.4 Å². The van der Waals surface area contributed by atoms with E-state index in [1.807, 2.05) is 20.8 Å². The van der Waals surface area contributed by atoms with E-state index in [2.05, 4.69) is 0 Å². The first-order valence-corrected chi connectivity index (χ1v) is 8.89. The zero-order valence-corrected chi connectivity index (χ0v) is 15.4. The molecule has 0 bridgehead atoms. The van der Waals surface area contributed by atoms with E-state index in [0.29, 0.717) is 39.3 Å². The van der Waals surface area contributed by atoms with Crippen LogP contribution in [0.1, 0.15) is 40.0 Å². The van der Waals surface area contributed by atoms with Crippen molar-refractivity contribution in [3.8, 4) is 0 Å². The van der Waals surface area contributed by atoms with Crippen molar-refractivity contribution in [1.82, 2.24) is 14.7 Å². The molecule has 0 radical (unpaired) electrons. The number of aliphatic carboxylic acids is 1. The Morgan fingerprint density at radius 2 is 1.40 bits per heavy atom. The monoisotopic (exact) mass is 355 g/mol. The first-order chi connectivity index (χ1) is 11.7. The maximum Gasteiger partial charge on any atom is 0.410 e. The number of piperazine rings is 1. The maximum absolute atomic E-state index is 12.6. The van der Waals surface area contributed by atoms with Gasteiger partial charge in [0.05, 0.1) is 0 Å². The zero-order chi connectivity index (χ0) is 18.6. The molecule has 0 atom stereocenters. The quantitative estimate of drug-likeness (QED) is 0.816. The molecule has 2 aliphatic heterocycles. The van der Waals surface area contributed by atoms with Gasteiger partial charge in [0.1, 0.15) is 5.60 Å². The summed E-state index contributed by atoms with van der Waals surface area (Å²) < 4.78 is 5.36. The fourth-order valence-corrected chi connectivity index (χ4v) is 3.18. The van der Waals surface area contributed by atoms with Gasteiger partial charge in [0, 0.05) is 45.7 Å². The van der Waals surface area contributed by atoms with Crippen molar-refractivity contribution in [2.75, 3.05) is 39.3 Å². The lowest BCUT2D eigenvalue weighted by atomic mass is 9.94. The standard InChI is InChI=1S/C17H29N3O5/c1-17(2,3)25-16(24)20-10-8-19(9-11-20)15(23)18-6-4-13(5-7-18)12-14(21)22/h13H,4-12H2,1-3H3,(H,21,22). The summed E-state index contributed by atoms with van der Waals surface area (Å²) in [5, 5.41) is 8.85. The van der Waals surface area contributed by atoms with Crippen molar-refractivity contribution >= 4 is 18.1 Å². The van der Waals surface area contributed by atoms with Gasteiger partial charge in [-0.05, 0) is 39.5 Å². The predicted molar refractivity (Wildman–Crippen MR) is 91.3 cm³/mol. The molecule has 142 valence electrons. The third-order valence-corrected chi connectivity index (χ3v) is 4.55. The van der Waals surface area contributed by atoms with Crippen LogP contribution in [0.15, 0.2) is 0 Å². The summed E-state index contributed by atoms with van der Waals surface area (Å²) in [7, 11) is 0. The average molecular weight is 355 g/mol. The molecule has 2 fully saturated rings. The number of rotatable bonds is 2. The van der Waals surface area contributed by atoms with E-state index in [0.717, 1.165) is 12.8 Å². The van der Waals surface area contributed by atoms with Gasteiger partial charge in [-0.3, -0.25) is 4.79 Å². The summed E-state index contributed by atoms with van der Waals surface area (Å²) in [5.41, 5.74) is -0.523. The third kappa shape index (κ3) is 5.79. The topological polar surface area (TPSA) is 90.4 Å². The number of hydrogen-bond donors (Lipinski definition) is 1. The molecule has 0 aromatic heterocycles. The highest BCUT2D eigenvalue weighted by molar-refractivity contribution is 5.75. The summed E-state index contributed by atoms with van der Waals surface area (Å²) in [4.78, 5) is 40.6. The van der Waals surface area contributed by atoms with Gasteiger partial charge in [-0.15, -0.1) is 0 Å². The molecule has 8 heteroatoms. The highest BCUT2D eigenvalue weighted by atomic mass is 16.6. The normalized spacial score (nSPS) is 19.7. The Morgan fingerprint density at radius 3 is 1.88 bits per heavy atom. The summed E-state index contributed by atoms with van der Waals surface area (Å²) in [6, 6.07) is -0.0161. The van der Waals surface area contributed by atoms with E-state index in [1.165, 1.54) is 0 Å². The van der Waals surface area contributed by atoms with Gasteiger partial charge in [0.25, 0.3) is 0 Å². The van der Waals surface area contributed by atoms with Crippen molar-refractivity contribution in [1.29, 1.82) is 0 Å². The minimum absolute atomic E-state index is 0.0161. The van der Waals surface area contributed by atoms with Crippen molar-refractivity contribution in [2.45, 2.75) is 45.6 Å². The molecule has 0 aromatic rings. The number of likely N-dealkylation sites (tertiary alicyclic amines) is 1. The fourth-order valence-electron chi connectivity index (χ4n) is 3.18. The molecule has 2 saturated heterocycles. The molecule has 25 heavy (non-hydrogen) atoms. The van der Waals surface area contributed by atoms with Gasteiger partial charge in [-0.25, -0.2) is 9.59 Å². The molecule has 0 aliphatic carbocycles. The summed E-state index contributed by atoms with van der Waals surface area (Å²) in [6.07, 6.45) is 1.30. The Hall–Kier alpha value is -1.99. The van der Waals surface area contributed by atoms with Crippen molar-refractivity contribution < 1.29 is 24.2 Å². The molecule has 0 unspecified atom stereocenters. The van der Waals surface area contributed by atoms with Crippen LogP contribution >= 0.6 is 0 Å². The Kier molecular flexibility index (Phi) is 6.13. The van der Waals surface area contributed by atoms with Crippen LogP contribution in [0.2, 0.25) is 0 Å². The largest absolute Gasteiger partial charge is 0.481 e. The minimum Gasteiger partial charge on any atom is -0.481 e. The maximum atomic E-state index is 12.6. The third-order valence-electron chi connectivity index (χ3n) is 4.55. The van der Waals surface area contributed by atoms with E-state index in [-0.39, 0.29) is 24.5 Å². The van der Waals surface area contributed by atoms with Crippen LogP contribution in [0.3, 0.4) is 0 Å². The molecule has 2 heterocycles. The first-order valence-electron chi connectivity index (χ1n) is 8.89. The average Bonchev–Trinajstić information content (AvgIpc) is 2.53. The molecular weight excluding hydrogens is 326 g/mol. The lowest BCUT2D eigenvalue weighted by Gasteiger charge is -2.39. The smallest absolute Gasteiger partial charge is 0.410 e. The highest BCUT2D eigenvalue weighted by Gasteiger charge is 2.31. The summed E-state index contributed by atoms with van der Waals surface area (Å²) in [6.45, 7) is 8.62. The molecule has 0 aromatic carbocycles. The molecule has 1 N–H and O–H groups in total. The van der Waals surface area contributed by atoms with Crippen molar-refractivity contribution in [3.63, 3.8) is 0 Å². The molecule has 0 saturated carbocycles. The number of carbonyl (C=O) groups excluding carboxylic acids is 2. The Bertz CT molecular complexity index is 501. The van der Waals surface area contributed by atoms with E-state index in [4.69, 9.17) is 9.84 Å². The van der Waals surface area contributed by atoms with Crippen molar-refractivity contribution in [2.24, 2.45) is 5.92 Å². The summed E-state index contributed by atoms with van der Waals surface area (Å²) >= 11 is 0. The Labute approximate surface area is 148 Å². The van der Waals surface area contributed by atoms with Crippen LogP contribution in [0.5, 0.6) is 0 Å². The lowest BCUT2D eigenvalue weighted by molar-refractivity contribution is -0.138. The second kappa shape index (κ2) is 7.93. The van der Waals surface area contributed by atoms with Crippen LogP contribution in [0.4, 0.5) is 9.59 Å². The molecule has 2 rings (SSSR count). The second-order valence-corrected chi connectivity index (χ2v) is 7.77. The molecule has 0 spiro atoms. The summed E-state index contributed by atoms with van der Waals surface area (Å²) in [5.74, 6) is -0.617. The van der Waals surface area contributed by atoms with E-state index < -0.39 is 11.6 Å². The molecule has 8 nitrogen and oxygen atoms in total. The van der Waals surface area contributed by atoms with Crippen LogP contribution in [-0.4, -0.2) is 82.8 Å². The van der Waals surface area contributed by atoms with Gasteiger partial charge >= 0.3 is 18.1 Å². The van der Waals surface area contributed by atoms with Gasteiger partial charge in [0.2, 0.25) is 0 Å². The Balaban J connectivity index is 1.76. The highest BCUT2D eigenvalue weighted by Crippen LogP contribution is 2.22. The molecule has 2 aliphatic rings. The van der Waals surface area contributed by atoms with E-state index >= 15 is 0 Å². The number of amides is 3. The van der Waals surface area contributed by atoms with Gasteiger partial charge < -0.3 is 24.5 Å². The zero-order valence-electron chi connectivity index (χ0n) is 15.4. The number of nitrogens with zero attached hydrogens (tertiary/aromatic N) is 3. The lowest BCUT2D eigenvalue weighted by Crippen LogP contribution is -2.55. The van der Waals surface area contributed by atoms with E-state index in [1.54, 1.807) is 14.7 Å². The van der Waals surface area contributed by atoms with Crippen LogP contribution in [0, 0.1) is 5.92 Å². The Morgan fingerprint density at radius 1 is 0.920 bits per heavy atom. The predicted octanol–water partition coefficient (Wildman–Crippen LogP) is 1.85. The van der Waals surface area contributed by atoms with Gasteiger partial charge in [-0.1, -0.05) is 0 Å². The number of piperidine rings is 1. The number of carboxylic acids is 1. The SMILES string of the molecule is CC(C)(C)OC(=O)N1CCN(C(=O)N2CCC(CC(=O)O)CC2)CC1. The van der Waals surface area contributed by atoms with Gasteiger partial charge in [0.15, 0.2) is 0 Å². The van der Waals surface area contributed by atoms with Crippen molar-refractivity contribution in [3.05, 3.63) is 0 Å². The number of hydrogen-bond acceptors (Lipinski definition) is 4. The minimum atomic E-state index is -0.775. The fraction of sp³-hybridized carbons (Fsp3) is 0.824. The first kappa shape index (κ1) is 19.3. The molecule has 3 amide bonds. The van der Waals surface area contributed by atoms with Crippen LogP contribution < -0.4 is 0 Å². The number of carbonyl (C=O) groups is 3. The number of ether oxygens (including phenoxy) is 1. The van der Waals surface area contributed by atoms with Gasteiger partial charge in [-0.2, -0.15) is 0 Å². The number of urea groups is 1. The number of carboxylic acid groups (broad SMARTS) is 1. The van der Waals surface area contributed by atoms with Crippen LogP contribution in [0.25, 0.3) is 0 Å².